The van der Waals surface area contributed by atoms with Crippen molar-refractivity contribution in [3.05, 3.63) is 35.1 Å². The summed E-state index contributed by atoms with van der Waals surface area (Å²) in [6, 6.07) is 2.93. The molecule has 0 aliphatic rings. The topological polar surface area (TPSA) is 17.1 Å². The van der Waals surface area contributed by atoms with Gasteiger partial charge in [-0.3, -0.25) is 4.79 Å². The Bertz CT molecular complexity index is 414. The Hall–Kier alpha value is -0.910. The lowest BCUT2D eigenvalue weighted by molar-refractivity contribution is -0.140. The Morgan fingerprint density at radius 1 is 1.38 bits per heavy atom. The number of ketones is 1. The quantitative estimate of drug-likeness (QED) is 0.598. The first kappa shape index (κ1) is 13.2. The average Bonchev–Trinajstić information content (AvgIpc) is 2.14. The Morgan fingerprint density at radius 3 is 2.38 bits per heavy atom. The summed E-state index contributed by atoms with van der Waals surface area (Å²) in [5.74, 6) is -1.90. The molecule has 1 aromatic carbocycles. The van der Waals surface area contributed by atoms with E-state index in [-0.39, 0.29) is 0 Å². The fraction of sp³-hybridized carbons (Fsp3) is 0.300. The molecule has 16 heavy (non-hydrogen) atoms. The van der Waals surface area contributed by atoms with Crippen LogP contribution in [-0.4, -0.2) is 5.78 Å². The van der Waals surface area contributed by atoms with Crippen molar-refractivity contribution in [1.29, 1.82) is 0 Å². The summed E-state index contributed by atoms with van der Waals surface area (Å²) in [5, 5.41) is 0. The number of halogens is 5. The van der Waals surface area contributed by atoms with Gasteiger partial charge in [0.05, 0.1) is 10.4 Å². The summed E-state index contributed by atoms with van der Waals surface area (Å²) in [6.07, 6.45) is -4.82. The van der Waals surface area contributed by atoms with Crippen molar-refractivity contribution < 1.29 is 22.4 Å². The summed E-state index contributed by atoms with van der Waals surface area (Å²) in [5.41, 5.74) is -1.80. The maximum atomic E-state index is 13.1. The summed E-state index contributed by atoms with van der Waals surface area (Å²) < 4.78 is 50.8. The first-order valence-electron chi connectivity index (χ1n) is 4.25. The Balaban J connectivity index is 3.40. The van der Waals surface area contributed by atoms with Crippen LogP contribution in [0.1, 0.15) is 22.9 Å². The van der Waals surface area contributed by atoms with Gasteiger partial charge in [-0.25, -0.2) is 4.39 Å². The molecule has 1 unspecified atom stereocenters. The Kier molecular flexibility index (Phi) is 3.72. The zero-order valence-corrected chi connectivity index (χ0v) is 9.69. The van der Waals surface area contributed by atoms with Crippen LogP contribution >= 0.6 is 15.9 Å². The number of rotatable bonds is 2. The lowest BCUT2D eigenvalue weighted by atomic mass is 10.0. The molecule has 0 saturated carbocycles. The minimum Gasteiger partial charge on any atom is -0.298 e. The van der Waals surface area contributed by atoms with E-state index in [1.165, 1.54) is 0 Å². The second-order valence-corrected chi connectivity index (χ2v) is 4.09. The maximum absolute atomic E-state index is 13.1. The molecule has 1 atom stereocenters. The normalized spacial score (nSPS) is 13.6. The van der Waals surface area contributed by atoms with Crippen molar-refractivity contribution in [2.45, 2.75) is 17.9 Å². The highest BCUT2D eigenvalue weighted by atomic mass is 79.9. The van der Waals surface area contributed by atoms with E-state index in [4.69, 9.17) is 0 Å². The molecular formula is C10H7BrF4O. The van der Waals surface area contributed by atoms with Gasteiger partial charge in [-0.05, 0) is 18.6 Å². The molecule has 0 amide bonds. The molecule has 0 bridgehead atoms. The summed E-state index contributed by atoms with van der Waals surface area (Å²) in [7, 11) is 0. The van der Waals surface area contributed by atoms with Crippen molar-refractivity contribution in [2.24, 2.45) is 0 Å². The first-order valence-corrected chi connectivity index (χ1v) is 5.17. The number of benzene rings is 1. The molecule has 0 aromatic heterocycles. The molecule has 1 aromatic rings. The van der Waals surface area contributed by atoms with Crippen molar-refractivity contribution >= 4 is 21.7 Å². The minimum absolute atomic E-state index is 0.403. The molecule has 0 aliphatic carbocycles. The Morgan fingerprint density at radius 2 is 1.94 bits per heavy atom. The third kappa shape index (κ3) is 2.61. The average molecular weight is 299 g/mol. The number of alkyl halides is 4. The Labute approximate surface area is 97.6 Å². The molecule has 6 heteroatoms. The van der Waals surface area contributed by atoms with Gasteiger partial charge in [0, 0.05) is 0 Å². The maximum Gasteiger partial charge on any atom is 0.419 e. The van der Waals surface area contributed by atoms with Gasteiger partial charge in [-0.2, -0.15) is 13.2 Å². The molecular weight excluding hydrogens is 292 g/mol. The zero-order valence-electron chi connectivity index (χ0n) is 8.11. The number of Topliss-reactive ketones (excluding diaryl/α,β-unsaturated/α-hetero) is 1. The predicted molar refractivity (Wildman–Crippen MR) is 53.8 cm³/mol. The molecule has 1 rings (SSSR count). The van der Waals surface area contributed by atoms with Crippen LogP contribution in [0.25, 0.3) is 0 Å². The van der Waals surface area contributed by atoms with Crippen molar-refractivity contribution in [3.8, 4) is 0 Å². The van der Waals surface area contributed by atoms with E-state index in [1.807, 2.05) is 0 Å². The van der Waals surface area contributed by atoms with Gasteiger partial charge in [-0.15, -0.1) is 0 Å². The second kappa shape index (κ2) is 4.53. The van der Waals surface area contributed by atoms with E-state index >= 15 is 0 Å². The van der Waals surface area contributed by atoms with Gasteiger partial charge in [0.25, 0.3) is 0 Å². The molecule has 0 saturated heterocycles. The minimum atomic E-state index is -4.82. The van der Waals surface area contributed by atoms with Gasteiger partial charge >= 0.3 is 6.18 Å². The number of carbonyl (C=O) groups is 1. The number of hydrogen-bond donors (Lipinski definition) is 0. The van der Waals surface area contributed by atoms with E-state index in [0.29, 0.717) is 6.07 Å². The third-order valence-corrected chi connectivity index (χ3v) is 3.10. The van der Waals surface area contributed by atoms with Gasteiger partial charge < -0.3 is 0 Å². The fourth-order valence-electron chi connectivity index (χ4n) is 1.27. The first-order chi connectivity index (χ1) is 7.25. The highest BCUT2D eigenvalue weighted by Gasteiger charge is 2.38. The lowest BCUT2D eigenvalue weighted by Gasteiger charge is -2.15. The predicted octanol–water partition coefficient (Wildman–Crippen LogP) is 3.87. The summed E-state index contributed by atoms with van der Waals surface area (Å²) in [4.78, 5) is 9.85. The fourth-order valence-corrected chi connectivity index (χ4v) is 1.65. The smallest absolute Gasteiger partial charge is 0.298 e. The molecule has 0 spiro atoms. The molecule has 0 N–H and O–H groups in total. The molecule has 0 heterocycles. The van der Waals surface area contributed by atoms with Crippen LogP contribution in [0.2, 0.25) is 0 Å². The highest BCUT2D eigenvalue weighted by Crippen LogP contribution is 2.39. The molecule has 88 valence electrons. The number of hydrogen-bond acceptors (Lipinski definition) is 1. The standard InChI is InChI=1S/C10H7BrF4O/c1-5(16)9(11)6-3-2-4-7(12)8(6)10(13,14)15/h2-4,9H,1H3. The van der Waals surface area contributed by atoms with Crippen LogP contribution < -0.4 is 0 Å². The summed E-state index contributed by atoms with van der Waals surface area (Å²) >= 11 is 2.81. The second-order valence-electron chi connectivity index (χ2n) is 3.18. The van der Waals surface area contributed by atoms with Gasteiger partial charge in [-0.1, -0.05) is 28.1 Å². The van der Waals surface area contributed by atoms with Crippen molar-refractivity contribution in [1.82, 2.24) is 0 Å². The van der Waals surface area contributed by atoms with Crippen LogP contribution in [0.5, 0.6) is 0 Å². The molecule has 1 nitrogen and oxygen atoms in total. The van der Waals surface area contributed by atoms with Crippen molar-refractivity contribution in [2.75, 3.05) is 0 Å². The van der Waals surface area contributed by atoms with E-state index in [0.717, 1.165) is 19.1 Å². The SMILES string of the molecule is CC(=O)C(Br)c1cccc(F)c1C(F)(F)F. The summed E-state index contributed by atoms with van der Waals surface area (Å²) in [6.45, 7) is 1.13. The van der Waals surface area contributed by atoms with Crippen LogP contribution in [0, 0.1) is 5.82 Å². The number of carbonyl (C=O) groups excluding carboxylic acids is 1. The lowest BCUT2D eigenvalue weighted by Crippen LogP contribution is -2.15. The van der Waals surface area contributed by atoms with Crippen LogP contribution in [0.3, 0.4) is 0 Å². The highest BCUT2D eigenvalue weighted by molar-refractivity contribution is 9.09. The van der Waals surface area contributed by atoms with E-state index in [1.54, 1.807) is 0 Å². The van der Waals surface area contributed by atoms with Gasteiger partial charge in [0.1, 0.15) is 11.6 Å². The van der Waals surface area contributed by atoms with Crippen LogP contribution in [0.15, 0.2) is 18.2 Å². The van der Waals surface area contributed by atoms with E-state index in [2.05, 4.69) is 15.9 Å². The van der Waals surface area contributed by atoms with E-state index in [9.17, 15) is 22.4 Å². The van der Waals surface area contributed by atoms with Crippen LogP contribution in [0.4, 0.5) is 17.6 Å². The zero-order chi connectivity index (χ0) is 12.5. The largest absolute Gasteiger partial charge is 0.419 e. The van der Waals surface area contributed by atoms with Gasteiger partial charge in [0.15, 0.2) is 0 Å². The van der Waals surface area contributed by atoms with Crippen LogP contribution in [-0.2, 0) is 11.0 Å². The molecule has 0 radical (unpaired) electrons. The molecule has 0 fully saturated rings. The molecule has 0 aliphatic heterocycles. The van der Waals surface area contributed by atoms with Crippen molar-refractivity contribution in [3.63, 3.8) is 0 Å². The monoisotopic (exact) mass is 298 g/mol. The third-order valence-electron chi connectivity index (χ3n) is 1.96. The van der Waals surface area contributed by atoms with Gasteiger partial charge in [0.2, 0.25) is 0 Å². The van der Waals surface area contributed by atoms with E-state index < -0.39 is 33.7 Å².